The Bertz CT molecular complexity index is 469. The van der Waals surface area contributed by atoms with Gasteiger partial charge in [0.25, 0.3) is 0 Å². The predicted octanol–water partition coefficient (Wildman–Crippen LogP) is 4.09. The van der Waals surface area contributed by atoms with Crippen molar-refractivity contribution in [2.24, 2.45) is 0 Å². The maximum atomic E-state index is 12.2. The van der Waals surface area contributed by atoms with Gasteiger partial charge in [0.15, 0.2) is 0 Å². The lowest BCUT2D eigenvalue weighted by Crippen LogP contribution is -2.48. The van der Waals surface area contributed by atoms with E-state index in [0.29, 0.717) is 0 Å². The highest BCUT2D eigenvalue weighted by Gasteiger charge is 2.21. The van der Waals surface area contributed by atoms with E-state index < -0.39 is 0 Å². The monoisotopic (exact) mass is 290 g/mol. The van der Waals surface area contributed by atoms with E-state index in [0.717, 1.165) is 12.1 Å². The van der Waals surface area contributed by atoms with E-state index in [1.54, 1.807) is 0 Å². The molecule has 118 valence electrons. The average Bonchev–Trinajstić information content (AvgIpc) is 2.37. The van der Waals surface area contributed by atoms with Crippen LogP contribution in [0.1, 0.15) is 60.5 Å². The van der Waals surface area contributed by atoms with Crippen molar-refractivity contribution in [3.63, 3.8) is 0 Å². The molecule has 0 aromatic heterocycles. The number of rotatable bonds is 5. The summed E-state index contributed by atoms with van der Waals surface area (Å²) in [6.45, 7) is 14.6. The molecule has 0 spiro atoms. The summed E-state index contributed by atoms with van der Waals surface area (Å²) in [5, 5.41) is 6.32. The van der Waals surface area contributed by atoms with Crippen molar-refractivity contribution in [1.82, 2.24) is 5.32 Å². The second-order valence-electron chi connectivity index (χ2n) is 7.42. The average molecular weight is 290 g/mol. The third-order valence-electron chi connectivity index (χ3n) is 3.87. The Hall–Kier alpha value is -1.51. The lowest BCUT2D eigenvalue weighted by atomic mass is 9.87. The maximum absolute atomic E-state index is 12.2. The number of amides is 1. The van der Waals surface area contributed by atoms with Crippen LogP contribution in [0.5, 0.6) is 0 Å². The van der Waals surface area contributed by atoms with Crippen LogP contribution in [0.4, 0.5) is 5.69 Å². The summed E-state index contributed by atoms with van der Waals surface area (Å²) in [5.74, 6) is 0.0294. The molecular weight excluding hydrogens is 260 g/mol. The van der Waals surface area contributed by atoms with Gasteiger partial charge in [-0.15, -0.1) is 0 Å². The zero-order chi connectivity index (χ0) is 16.3. The molecule has 1 unspecified atom stereocenters. The first-order valence-corrected chi connectivity index (χ1v) is 7.74. The van der Waals surface area contributed by atoms with Gasteiger partial charge in [-0.2, -0.15) is 0 Å². The Morgan fingerprint density at radius 1 is 1.10 bits per heavy atom. The van der Waals surface area contributed by atoms with Crippen LogP contribution in [0.2, 0.25) is 0 Å². The summed E-state index contributed by atoms with van der Waals surface area (Å²) >= 11 is 0. The summed E-state index contributed by atoms with van der Waals surface area (Å²) in [4.78, 5) is 12.2. The minimum atomic E-state index is -0.253. The van der Waals surface area contributed by atoms with E-state index in [2.05, 4.69) is 50.5 Å². The summed E-state index contributed by atoms with van der Waals surface area (Å²) in [7, 11) is 0. The molecule has 0 bridgehead atoms. The second kappa shape index (κ2) is 6.50. The fourth-order valence-electron chi connectivity index (χ4n) is 1.91. The summed E-state index contributed by atoms with van der Waals surface area (Å²) in [6, 6.07) is 8.05. The van der Waals surface area contributed by atoms with E-state index in [1.807, 2.05) is 32.9 Å². The molecule has 1 aromatic rings. The zero-order valence-corrected chi connectivity index (χ0v) is 14.5. The van der Waals surface area contributed by atoms with E-state index in [4.69, 9.17) is 0 Å². The van der Waals surface area contributed by atoms with Gasteiger partial charge < -0.3 is 10.6 Å². The van der Waals surface area contributed by atoms with Crippen molar-refractivity contribution in [1.29, 1.82) is 0 Å². The standard InChI is InChI=1S/C18H30N2O/c1-8-18(6,7)20-16(21)13(2)19-15-11-9-14(10-12-15)17(3,4)5/h9-13,19H,8H2,1-7H3,(H,20,21). The number of hydrogen-bond donors (Lipinski definition) is 2. The first kappa shape index (κ1) is 17.5. The van der Waals surface area contributed by atoms with Gasteiger partial charge in [0.2, 0.25) is 5.91 Å². The molecule has 1 amide bonds. The van der Waals surface area contributed by atoms with Gasteiger partial charge >= 0.3 is 0 Å². The third kappa shape index (κ3) is 5.41. The van der Waals surface area contributed by atoms with E-state index in [9.17, 15) is 4.79 Å². The number of nitrogens with one attached hydrogen (secondary N) is 2. The Morgan fingerprint density at radius 3 is 2.05 bits per heavy atom. The predicted molar refractivity (Wildman–Crippen MR) is 90.7 cm³/mol. The van der Waals surface area contributed by atoms with Crippen molar-refractivity contribution < 1.29 is 4.79 Å². The molecule has 3 nitrogen and oxygen atoms in total. The lowest BCUT2D eigenvalue weighted by molar-refractivity contribution is -0.123. The highest BCUT2D eigenvalue weighted by atomic mass is 16.2. The molecule has 0 saturated heterocycles. The number of benzene rings is 1. The molecule has 1 rings (SSSR count). The molecule has 0 aliphatic carbocycles. The second-order valence-corrected chi connectivity index (χ2v) is 7.42. The summed E-state index contributed by atoms with van der Waals surface area (Å²) < 4.78 is 0. The first-order chi connectivity index (χ1) is 9.55. The van der Waals surface area contributed by atoms with Crippen LogP contribution >= 0.6 is 0 Å². The van der Waals surface area contributed by atoms with Gasteiger partial charge in [-0.1, -0.05) is 39.8 Å². The lowest BCUT2D eigenvalue weighted by Gasteiger charge is -2.27. The van der Waals surface area contributed by atoms with Crippen LogP contribution in [0, 0.1) is 0 Å². The maximum Gasteiger partial charge on any atom is 0.242 e. The number of hydrogen-bond acceptors (Lipinski definition) is 2. The highest BCUT2D eigenvalue weighted by molar-refractivity contribution is 5.84. The Labute approximate surface area is 129 Å². The topological polar surface area (TPSA) is 41.1 Å². The molecule has 3 heteroatoms. The van der Waals surface area contributed by atoms with Gasteiger partial charge in [-0.05, 0) is 50.3 Å². The van der Waals surface area contributed by atoms with Gasteiger partial charge in [0, 0.05) is 11.2 Å². The van der Waals surface area contributed by atoms with Crippen LogP contribution < -0.4 is 10.6 Å². The minimum absolute atomic E-state index is 0.0294. The molecule has 2 N–H and O–H groups in total. The van der Waals surface area contributed by atoms with Crippen molar-refractivity contribution >= 4 is 11.6 Å². The normalized spacial score (nSPS) is 13.7. The number of carbonyl (C=O) groups excluding carboxylic acids is 1. The Morgan fingerprint density at radius 2 is 1.62 bits per heavy atom. The molecule has 21 heavy (non-hydrogen) atoms. The van der Waals surface area contributed by atoms with E-state index in [1.165, 1.54) is 5.56 Å². The Kier molecular flexibility index (Phi) is 5.43. The number of carbonyl (C=O) groups is 1. The van der Waals surface area contributed by atoms with Crippen LogP contribution in [0.25, 0.3) is 0 Å². The molecule has 0 saturated carbocycles. The molecule has 0 radical (unpaired) electrons. The molecule has 1 aromatic carbocycles. The van der Waals surface area contributed by atoms with Crippen molar-refractivity contribution in [2.75, 3.05) is 5.32 Å². The van der Waals surface area contributed by atoms with Gasteiger partial charge in [0.1, 0.15) is 6.04 Å². The van der Waals surface area contributed by atoms with Crippen LogP contribution in [0.15, 0.2) is 24.3 Å². The molecule has 0 heterocycles. The molecular formula is C18H30N2O. The van der Waals surface area contributed by atoms with Crippen molar-refractivity contribution in [2.45, 2.75) is 71.9 Å². The minimum Gasteiger partial charge on any atom is -0.374 e. The fraction of sp³-hybridized carbons (Fsp3) is 0.611. The SMILES string of the molecule is CCC(C)(C)NC(=O)C(C)Nc1ccc(C(C)(C)C)cc1. The smallest absolute Gasteiger partial charge is 0.242 e. The van der Waals surface area contributed by atoms with Crippen LogP contribution in [-0.4, -0.2) is 17.5 Å². The van der Waals surface area contributed by atoms with Crippen molar-refractivity contribution in [3.05, 3.63) is 29.8 Å². The molecule has 1 atom stereocenters. The highest BCUT2D eigenvalue weighted by Crippen LogP contribution is 2.23. The summed E-state index contributed by atoms with van der Waals surface area (Å²) in [6.07, 6.45) is 0.908. The van der Waals surface area contributed by atoms with E-state index in [-0.39, 0.29) is 22.9 Å². The van der Waals surface area contributed by atoms with Crippen LogP contribution in [0.3, 0.4) is 0 Å². The zero-order valence-electron chi connectivity index (χ0n) is 14.5. The quantitative estimate of drug-likeness (QED) is 0.857. The van der Waals surface area contributed by atoms with Crippen molar-refractivity contribution in [3.8, 4) is 0 Å². The molecule has 0 fully saturated rings. The van der Waals surface area contributed by atoms with Gasteiger partial charge in [0.05, 0.1) is 0 Å². The van der Waals surface area contributed by atoms with Crippen LogP contribution in [-0.2, 0) is 10.2 Å². The number of anilines is 1. The molecule has 0 aliphatic rings. The van der Waals surface area contributed by atoms with E-state index >= 15 is 0 Å². The van der Waals surface area contributed by atoms with Gasteiger partial charge in [-0.25, -0.2) is 0 Å². The fourth-order valence-corrected chi connectivity index (χ4v) is 1.91. The third-order valence-corrected chi connectivity index (χ3v) is 3.87. The summed E-state index contributed by atoms with van der Waals surface area (Å²) in [5.41, 5.74) is 2.24. The van der Waals surface area contributed by atoms with Gasteiger partial charge in [-0.3, -0.25) is 4.79 Å². The molecule has 0 aliphatic heterocycles. The first-order valence-electron chi connectivity index (χ1n) is 7.74. The largest absolute Gasteiger partial charge is 0.374 e. The Balaban J connectivity index is 2.67.